The molecule has 0 saturated heterocycles. The highest BCUT2D eigenvalue weighted by molar-refractivity contribution is 5.75. The molecule has 0 aromatic heterocycles. The van der Waals surface area contributed by atoms with Crippen molar-refractivity contribution in [2.45, 2.75) is 78.1 Å². The third kappa shape index (κ3) is 4.86. The van der Waals surface area contributed by atoms with Gasteiger partial charge in [0.25, 0.3) is 0 Å². The molecular weight excluding hydrogens is 308 g/mol. The fourth-order valence-electron chi connectivity index (χ4n) is 5.08. The molecule has 1 aromatic rings. The van der Waals surface area contributed by atoms with Crippen molar-refractivity contribution in [3.8, 4) is 5.75 Å². The van der Waals surface area contributed by atoms with Crippen LogP contribution in [0.2, 0.25) is 0 Å². The van der Waals surface area contributed by atoms with Gasteiger partial charge in [-0.05, 0) is 74.0 Å². The first-order chi connectivity index (χ1) is 12.2. The lowest BCUT2D eigenvalue weighted by Crippen LogP contribution is -2.35. The van der Waals surface area contributed by atoms with Crippen LogP contribution < -0.4 is 4.74 Å². The zero-order chi connectivity index (χ0) is 17.6. The first-order valence-electron chi connectivity index (χ1n) is 10.5. The molecule has 0 heterocycles. The van der Waals surface area contributed by atoms with Gasteiger partial charge in [0.15, 0.2) is 0 Å². The summed E-state index contributed by atoms with van der Waals surface area (Å²) >= 11 is 0. The summed E-state index contributed by atoms with van der Waals surface area (Å²) in [5, 5.41) is 0. The molecule has 0 spiro atoms. The number of aryl methyl sites for hydroxylation is 1. The van der Waals surface area contributed by atoms with E-state index in [-0.39, 0.29) is 11.9 Å². The first kappa shape index (κ1) is 18.5. The molecule has 2 aliphatic rings. The Kier molecular flexibility index (Phi) is 6.56. The summed E-state index contributed by atoms with van der Waals surface area (Å²) in [6, 6.07) is 8.06. The van der Waals surface area contributed by atoms with E-state index in [1.165, 1.54) is 44.1 Å². The number of carbonyl (C=O) groups excluding carboxylic acids is 1. The molecule has 138 valence electrons. The van der Waals surface area contributed by atoms with Crippen molar-refractivity contribution in [2.75, 3.05) is 0 Å². The standard InChI is InChI=1S/C23H34O2/c1-3-5-17-8-13-22(14-9-17)25-23(24)21-12-11-19-15-18(6-4-2)7-10-20(19)16-21/h8-9,13-14,18-21H,3-7,10-12,15-16H2,1-2H3. The average molecular weight is 343 g/mol. The van der Waals surface area contributed by atoms with E-state index < -0.39 is 0 Å². The molecule has 2 fully saturated rings. The highest BCUT2D eigenvalue weighted by Gasteiger charge is 2.38. The van der Waals surface area contributed by atoms with E-state index in [4.69, 9.17) is 4.74 Å². The van der Waals surface area contributed by atoms with Crippen LogP contribution in [0.25, 0.3) is 0 Å². The molecule has 2 aliphatic carbocycles. The van der Waals surface area contributed by atoms with Crippen molar-refractivity contribution in [3.63, 3.8) is 0 Å². The number of esters is 1. The molecule has 1 aromatic carbocycles. The van der Waals surface area contributed by atoms with Gasteiger partial charge in [0.1, 0.15) is 5.75 Å². The molecule has 2 heteroatoms. The molecular formula is C23H34O2. The lowest BCUT2D eigenvalue weighted by atomic mass is 9.64. The fraction of sp³-hybridized carbons (Fsp3) is 0.696. The van der Waals surface area contributed by atoms with Gasteiger partial charge < -0.3 is 4.74 Å². The quantitative estimate of drug-likeness (QED) is 0.456. The Balaban J connectivity index is 1.51. The Morgan fingerprint density at radius 3 is 2.40 bits per heavy atom. The molecule has 25 heavy (non-hydrogen) atoms. The molecule has 0 bridgehead atoms. The fourth-order valence-corrected chi connectivity index (χ4v) is 5.08. The molecule has 0 amide bonds. The number of ether oxygens (including phenoxy) is 1. The Hall–Kier alpha value is -1.31. The highest BCUT2D eigenvalue weighted by Crippen LogP contribution is 2.45. The summed E-state index contributed by atoms with van der Waals surface area (Å²) in [6.45, 7) is 4.48. The third-order valence-electron chi connectivity index (χ3n) is 6.43. The zero-order valence-electron chi connectivity index (χ0n) is 16.0. The van der Waals surface area contributed by atoms with Crippen LogP contribution in [0.5, 0.6) is 5.75 Å². The van der Waals surface area contributed by atoms with Crippen LogP contribution in [0.3, 0.4) is 0 Å². The molecule has 4 unspecified atom stereocenters. The molecule has 0 radical (unpaired) electrons. The normalized spacial score (nSPS) is 29.0. The van der Waals surface area contributed by atoms with Crippen molar-refractivity contribution < 1.29 is 9.53 Å². The smallest absolute Gasteiger partial charge is 0.314 e. The second kappa shape index (κ2) is 8.87. The molecule has 2 nitrogen and oxygen atoms in total. The topological polar surface area (TPSA) is 26.3 Å². The van der Waals surface area contributed by atoms with Crippen LogP contribution in [-0.2, 0) is 11.2 Å². The summed E-state index contributed by atoms with van der Waals surface area (Å²) in [7, 11) is 0. The summed E-state index contributed by atoms with van der Waals surface area (Å²) in [6.07, 6.45) is 12.3. The van der Waals surface area contributed by atoms with Gasteiger partial charge >= 0.3 is 5.97 Å². The van der Waals surface area contributed by atoms with Gasteiger partial charge in [-0.2, -0.15) is 0 Å². The predicted molar refractivity (Wildman–Crippen MR) is 103 cm³/mol. The highest BCUT2D eigenvalue weighted by atomic mass is 16.5. The Morgan fingerprint density at radius 1 is 0.960 bits per heavy atom. The van der Waals surface area contributed by atoms with Crippen LogP contribution in [0, 0.1) is 23.7 Å². The molecule has 2 saturated carbocycles. The molecule has 4 atom stereocenters. The minimum absolute atomic E-state index is 0.00243. The van der Waals surface area contributed by atoms with Crippen LogP contribution in [0.4, 0.5) is 0 Å². The SMILES string of the molecule is CCCc1ccc(OC(=O)C2CCC3CC(CCC)CCC3C2)cc1. The second-order valence-electron chi connectivity index (χ2n) is 8.31. The van der Waals surface area contributed by atoms with Gasteiger partial charge in [-0.15, -0.1) is 0 Å². The van der Waals surface area contributed by atoms with E-state index in [0.29, 0.717) is 5.75 Å². The van der Waals surface area contributed by atoms with Crippen molar-refractivity contribution in [1.82, 2.24) is 0 Å². The van der Waals surface area contributed by atoms with E-state index in [9.17, 15) is 4.79 Å². The Labute approximate surface area is 153 Å². The van der Waals surface area contributed by atoms with E-state index in [2.05, 4.69) is 26.0 Å². The van der Waals surface area contributed by atoms with Gasteiger partial charge in [0, 0.05) is 0 Å². The first-order valence-corrected chi connectivity index (χ1v) is 10.5. The molecule has 0 N–H and O–H groups in total. The number of rotatable bonds is 6. The van der Waals surface area contributed by atoms with Crippen molar-refractivity contribution in [1.29, 1.82) is 0 Å². The number of benzene rings is 1. The number of hydrogen-bond donors (Lipinski definition) is 0. The second-order valence-corrected chi connectivity index (χ2v) is 8.31. The number of carbonyl (C=O) groups is 1. The maximum Gasteiger partial charge on any atom is 0.314 e. The average Bonchev–Trinajstić information content (AvgIpc) is 2.63. The number of hydrogen-bond acceptors (Lipinski definition) is 2. The Morgan fingerprint density at radius 2 is 1.68 bits per heavy atom. The van der Waals surface area contributed by atoms with Crippen molar-refractivity contribution in [3.05, 3.63) is 29.8 Å². The van der Waals surface area contributed by atoms with E-state index in [0.717, 1.165) is 43.4 Å². The van der Waals surface area contributed by atoms with E-state index >= 15 is 0 Å². The van der Waals surface area contributed by atoms with Crippen LogP contribution >= 0.6 is 0 Å². The third-order valence-corrected chi connectivity index (χ3v) is 6.43. The van der Waals surface area contributed by atoms with Crippen LogP contribution in [0.15, 0.2) is 24.3 Å². The minimum Gasteiger partial charge on any atom is -0.426 e. The monoisotopic (exact) mass is 342 g/mol. The van der Waals surface area contributed by atoms with Crippen LogP contribution in [0.1, 0.15) is 77.2 Å². The largest absolute Gasteiger partial charge is 0.426 e. The summed E-state index contributed by atoms with van der Waals surface area (Å²) in [5.41, 5.74) is 1.31. The maximum absolute atomic E-state index is 12.6. The van der Waals surface area contributed by atoms with Crippen molar-refractivity contribution in [2.24, 2.45) is 23.7 Å². The van der Waals surface area contributed by atoms with Crippen molar-refractivity contribution >= 4 is 5.97 Å². The van der Waals surface area contributed by atoms with Gasteiger partial charge in [0.2, 0.25) is 0 Å². The summed E-state index contributed by atoms with van der Waals surface area (Å²) in [5.74, 6) is 3.38. The van der Waals surface area contributed by atoms with Gasteiger partial charge in [-0.3, -0.25) is 4.79 Å². The Bertz CT molecular complexity index is 548. The lowest BCUT2D eigenvalue weighted by molar-refractivity contribution is -0.141. The summed E-state index contributed by atoms with van der Waals surface area (Å²) < 4.78 is 5.69. The lowest BCUT2D eigenvalue weighted by Gasteiger charge is -2.41. The predicted octanol–water partition coefficient (Wildman–Crippen LogP) is 6.18. The van der Waals surface area contributed by atoms with Gasteiger partial charge in [-0.1, -0.05) is 51.7 Å². The maximum atomic E-state index is 12.6. The summed E-state index contributed by atoms with van der Waals surface area (Å²) in [4.78, 5) is 12.6. The van der Waals surface area contributed by atoms with Gasteiger partial charge in [0.05, 0.1) is 5.92 Å². The minimum atomic E-state index is -0.00243. The van der Waals surface area contributed by atoms with E-state index in [1.54, 1.807) is 0 Å². The van der Waals surface area contributed by atoms with Crippen LogP contribution in [-0.4, -0.2) is 5.97 Å². The number of fused-ring (bicyclic) bond motifs is 1. The zero-order valence-corrected chi connectivity index (χ0v) is 16.0. The molecule has 3 rings (SSSR count). The van der Waals surface area contributed by atoms with E-state index in [1.807, 2.05) is 12.1 Å². The van der Waals surface area contributed by atoms with Gasteiger partial charge in [-0.25, -0.2) is 0 Å². The molecule has 0 aliphatic heterocycles.